The molecule has 1 heterocycles. The zero-order valence-electron chi connectivity index (χ0n) is 12.4. The Morgan fingerprint density at radius 1 is 1.13 bits per heavy atom. The first kappa shape index (κ1) is 14.6. The maximum absolute atomic E-state index is 5.50. The minimum Gasteiger partial charge on any atom is -0.497 e. The number of nitrogens with two attached hydrogens (primary N) is 1. The number of aromatic nitrogens is 2. The highest BCUT2D eigenvalue weighted by Gasteiger charge is 2.13. The second kappa shape index (κ2) is 6.61. The lowest BCUT2D eigenvalue weighted by Gasteiger charge is -2.05. The van der Waals surface area contributed by atoms with Crippen molar-refractivity contribution in [3.63, 3.8) is 0 Å². The van der Waals surface area contributed by atoms with Gasteiger partial charge in [-0.15, -0.1) is 0 Å². The molecule has 0 aliphatic rings. The maximum Gasteiger partial charge on any atom is 0.319 e. The highest BCUT2D eigenvalue weighted by Crippen LogP contribution is 2.16. The number of hydrazone groups is 1. The van der Waals surface area contributed by atoms with E-state index in [4.69, 9.17) is 15.0 Å². The largest absolute Gasteiger partial charge is 0.497 e. The molecule has 0 aliphatic carbocycles. The van der Waals surface area contributed by atoms with Crippen LogP contribution in [0, 0.1) is 0 Å². The average molecular weight is 309 g/mol. The molecular weight excluding hydrogens is 294 g/mol. The molecule has 0 aliphatic heterocycles. The predicted octanol–water partition coefficient (Wildman–Crippen LogP) is 2.52. The highest BCUT2D eigenvalue weighted by molar-refractivity contribution is 6.10. The van der Waals surface area contributed by atoms with Crippen LogP contribution in [-0.4, -0.2) is 23.0 Å². The lowest BCUT2D eigenvalue weighted by molar-refractivity contribution is 0.415. The van der Waals surface area contributed by atoms with E-state index in [-0.39, 0.29) is 6.01 Å². The van der Waals surface area contributed by atoms with E-state index in [0.717, 1.165) is 17.0 Å². The van der Waals surface area contributed by atoms with E-state index in [2.05, 4.69) is 20.7 Å². The van der Waals surface area contributed by atoms with E-state index in [9.17, 15) is 0 Å². The quantitative estimate of drug-likeness (QED) is 0.555. The summed E-state index contributed by atoms with van der Waals surface area (Å²) in [6, 6.07) is 16.9. The molecule has 0 spiro atoms. The molecule has 0 fully saturated rings. The molecule has 0 saturated heterocycles. The van der Waals surface area contributed by atoms with E-state index < -0.39 is 0 Å². The fourth-order valence-electron chi connectivity index (χ4n) is 1.96. The fourth-order valence-corrected chi connectivity index (χ4v) is 1.96. The average Bonchev–Trinajstić information content (AvgIpc) is 3.03. The summed E-state index contributed by atoms with van der Waals surface area (Å²) in [5.41, 5.74) is 10.6. The van der Waals surface area contributed by atoms with Crippen LogP contribution in [0.4, 0.5) is 11.7 Å². The summed E-state index contributed by atoms with van der Waals surface area (Å²) in [5, 5.41) is 8.22. The van der Waals surface area contributed by atoms with Crippen molar-refractivity contribution >= 4 is 17.4 Å². The van der Waals surface area contributed by atoms with Gasteiger partial charge in [0.05, 0.1) is 12.8 Å². The maximum atomic E-state index is 5.50. The van der Waals surface area contributed by atoms with Gasteiger partial charge in [-0.1, -0.05) is 35.5 Å². The molecule has 116 valence electrons. The normalized spacial score (nSPS) is 11.3. The number of nitrogens with one attached hydrogen (secondary N) is 1. The van der Waals surface area contributed by atoms with Gasteiger partial charge in [0, 0.05) is 5.56 Å². The number of nitrogen functional groups attached to an aromatic ring is 1. The Kier molecular flexibility index (Phi) is 4.19. The van der Waals surface area contributed by atoms with Crippen LogP contribution in [0.3, 0.4) is 0 Å². The number of anilines is 2. The molecule has 3 rings (SSSR count). The molecule has 7 heteroatoms. The van der Waals surface area contributed by atoms with Gasteiger partial charge in [-0.3, -0.25) is 5.43 Å². The lowest BCUT2D eigenvalue weighted by atomic mass is 10.1. The molecule has 3 aromatic rings. The van der Waals surface area contributed by atoms with Crippen molar-refractivity contribution in [3.05, 3.63) is 66.0 Å². The molecular formula is C16H15N5O2. The molecule has 0 saturated carbocycles. The topological polar surface area (TPSA) is 98.6 Å². The fraction of sp³-hybridized carbons (Fsp3) is 0.0625. The van der Waals surface area contributed by atoms with Crippen LogP contribution in [-0.2, 0) is 0 Å². The van der Waals surface area contributed by atoms with Crippen LogP contribution in [0.2, 0.25) is 0 Å². The molecule has 7 nitrogen and oxygen atoms in total. The van der Waals surface area contributed by atoms with Crippen LogP contribution >= 0.6 is 0 Å². The van der Waals surface area contributed by atoms with Gasteiger partial charge < -0.3 is 15.0 Å². The van der Waals surface area contributed by atoms with Crippen molar-refractivity contribution in [3.8, 4) is 5.75 Å². The summed E-state index contributed by atoms with van der Waals surface area (Å²) in [7, 11) is 1.62. The SMILES string of the molecule is COc1ccc(N/N=C(\c2ccccc2)c2noc(N)n2)cc1. The van der Waals surface area contributed by atoms with Crippen LogP contribution in [0.25, 0.3) is 0 Å². The number of ether oxygens (including phenoxy) is 1. The van der Waals surface area contributed by atoms with Gasteiger partial charge in [-0.05, 0) is 24.3 Å². The van der Waals surface area contributed by atoms with Gasteiger partial charge in [0.2, 0.25) is 5.82 Å². The second-order valence-electron chi connectivity index (χ2n) is 4.62. The number of benzene rings is 2. The van der Waals surface area contributed by atoms with Gasteiger partial charge in [0.1, 0.15) is 11.5 Å². The smallest absolute Gasteiger partial charge is 0.319 e. The van der Waals surface area contributed by atoms with E-state index in [1.54, 1.807) is 7.11 Å². The summed E-state index contributed by atoms with van der Waals surface area (Å²) in [5.74, 6) is 1.09. The zero-order valence-corrected chi connectivity index (χ0v) is 12.4. The van der Waals surface area contributed by atoms with Crippen molar-refractivity contribution in [1.82, 2.24) is 10.1 Å². The molecule has 1 aromatic heterocycles. The summed E-state index contributed by atoms with van der Waals surface area (Å²) in [4.78, 5) is 4.04. The van der Waals surface area contributed by atoms with Crippen LogP contribution in [0.15, 0.2) is 64.2 Å². The monoisotopic (exact) mass is 309 g/mol. The first-order valence-corrected chi connectivity index (χ1v) is 6.89. The third-order valence-corrected chi connectivity index (χ3v) is 3.09. The Labute approximate surface area is 132 Å². The first-order chi connectivity index (χ1) is 11.3. The zero-order chi connectivity index (χ0) is 16.1. The number of rotatable bonds is 5. The van der Waals surface area contributed by atoms with E-state index in [0.29, 0.717) is 11.5 Å². The predicted molar refractivity (Wildman–Crippen MR) is 87.4 cm³/mol. The van der Waals surface area contributed by atoms with E-state index >= 15 is 0 Å². The third-order valence-electron chi connectivity index (χ3n) is 3.09. The summed E-state index contributed by atoms with van der Waals surface area (Å²) in [6.07, 6.45) is 0. The Morgan fingerprint density at radius 3 is 2.48 bits per heavy atom. The van der Waals surface area contributed by atoms with Gasteiger partial charge in [0.15, 0.2) is 0 Å². The van der Waals surface area contributed by atoms with Crippen molar-refractivity contribution in [2.45, 2.75) is 0 Å². The number of hydrogen-bond acceptors (Lipinski definition) is 7. The van der Waals surface area contributed by atoms with Crippen LogP contribution in [0.5, 0.6) is 5.75 Å². The van der Waals surface area contributed by atoms with Crippen molar-refractivity contribution < 1.29 is 9.26 Å². The first-order valence-electron chi connectivity index (χ1n) is 6.89. The van der Waals surface area contributed by atoms with E-state index in [1.165, 1.54) is 0 Å². The summed E-state index contributed by atoms with van der Waals surface area (Å²) < 4.78 is 9.97. The Balaban J connectivity index is 1.91. The second-order valence-corrected chi connectivity index (χ2v) is 4.62. The molecule has 23 heavy (non-hydrogen) atoms. The number of nitrogens with zero attached hydrogens (tertiary/aromatic N) is 3. The van der Waals surface area contributed by atoms with E-state index in [1.807, 2.05) is 54.6 Å². The molecule has 0 atom stereocenters. The Morgan fingerprint density at radius 2 is 1.87 bits per heavy atom. The molecule has 0 amide bonds. The van der Waals surface area contributed by atoms with Crippen molar-refractivity contribution in [2.24, 2.45) is 5.10 Å². The van der Waals surface area contributed by atoms with Gasteiger partial charge in [0.25, 0.3) is 0 Å². The third kappa shape index (κ3) is 3.46. The summed E-state index contributed by atoms with van der Waals surface area (Å²) in [6.45, 7) is 0. The lowest BCUT2D eigenvalue weighted by Crippen LogP contribution is -2.08. The minimum absolute atomic E-state index is 0.00641. The molecule has 2 aromatic carbocycles. The molecule has 0 radical (unpaired) electrons. The van der Waals surface area contributed by atoms with Crippen LogP contribution < -0.4 is 15.9 Å². The highest BCUT2D eigenvalue weighted by atomic mass is 16.5. The standard InChI is InChI=1S/C16H15N5O2/c1-22-13-9-7-12(8-10-13)19-20-14(11-5-3-2-4-6-11)15-18-16(17)23-21-15/h2-10,19H,1H3,(H2,17,18,21)/b20-14+. The number of hydrogen-bond donors (Lipinski definition) is 2. The summed E-state index contributed by atoms with van der Waals surface area (Å²) >= 11 is 0. The number of methoxy groups -OCH3 is 1. The Hall–Kier alpha value is -3.35. The molecule has 3 N–H and O–H groups in total. The Bertz CT molecular complexity index is 797. The molecule has 0 bridgehead atoms. The minimum atomic E-state index is -0.00641. The molecule has 0 unspecified atom stereocenters. The van der Waals surface area contributed by atoms with Crippen molar-refractivity contribution in [1.29, 1.82) is 0 Å². The van der Waals surface area contributed by atoms with Gasteiger partial charge >= 0.3 is 6.01 Å². The van der Waals surface area contributed by atoms with Gasteiger partial charge in [-0.25, -0.2) is 0 Å². The van der Waals surface area contributed by atoms with Gasteiger partial charge in [-0.2, -0.15) is 10.1 Å². The van der Waals surface area contributed by atoms with Crippen molar-refractivity contribution in [2.75, 3.05) is 18.3 Å². The van der Waals surface area contributed by atoms with Crippen LogP contribution in [0.1, 0.15) is 11.4 Å².